The number of hydrogen-bond donors (Lipinski definition) is 2. The molecule has 18 heavy (non-hydrogen) atoms. The van der Waals surface area contributed by atoms with E-state index in [0.29, 0.717) is 0 Å². The molecule has 1 unspecified atom stereocenters. The molecule has 3 nitrogen and oxygen atoms in total. The summed E-state index contributed by atoms with van der Waals surface area (Å²) in [5.74, 6) is 0.875. The molecule has 0 heterocycles. The molecule has 0 radical (unpaired) electrons. The van der Waals surface area contributed by atoms with E-state index < -0.39 is 0 Å². The van der Waals surface area contributed by atoms with Gasteiger partial charge in [-0.05, 0) is 57.7 Å². The Morgan fingerprint density at radius 2 is 1.78 bits per heavy atom. The van der Waals surface area contributed by atoms with Crippen LogP contribution in [0.2, 0.25) is 0 Å². The number of hydrogen-bond acceptors (Lipinski definition) is 3. The van der Waals surface area contributed by atoms with Crippen LogP contribution in [0.3, 0.4) is 0 Å². The van der Waals surface area contributed by atoms with Gasteiger partial charge < -0.3 is 16.2 Å². The summed E-state index contributed by atoms with van der Waals surface area (Å²) in [6, 6.07) is 4.16. The van der Waals surface area contributed by atoms with Gasteiger partial charge in [-0.2, -0.15) is 0 Å². The van der Waals surface area contributed by atoms with Crippen LogP contribution in [0.4, 0.5) is 0 Å². The second-order valence-corrected chi connectivity index (χ2v) is 5.81. The van der Waals surface area contributed by atoms with E-state index in [9.17, 15) is 0 Å². The Bertz CT molecular complexity index is 408. The van der Waals surface area contributed by atoms with Crippen molar-refractivity contribution in [2.45, 2.75) is 52.1 Å². The van der Waals surface area contributed by atoms with Crippen LogP contribution in [0.5, 0.6) is 5.75 Å². The Balaban J connectivity index is 2.91. The molecule has 1 aromatic carbocycles. The maximum Gasteiger partial charge on any atom is 0.123 e. The largest absolute Gasteiger partial charge is 0.496 e. The van der Waals surface area contributed by atoms with E-state index in [-0.39, 0.29) is 11.6 Å². The van der Waals surface area contributed by atoms with Crippen molar-refractivity contribution >= 4 is 0 Å². The van der Waals surface area contributed by atoms with Crippen LogP contribution in [-0.4, -0.2) is 12.6 Å². The van der Waals surface area contributed by atoms with Gasteiger partial charge in [0.2, 0.25) is 0 Å². The quantitative estimate of drug-likeness (QED) is 0.844. The highest BCUT2D eigenvalue weighted by atomic mass is 16.5. The van der Waals surface area contributed by atoms with E-state index in [1.807, 2.05) is 13.8 Å². The molecule has 3 heteroatoms. The lowest BCUT2D eigenvalue weighted by Gasteiger charge is -2.23. The third-order valence-electron chi connectivity index (χ3n) is 3.35. The summed E-state index contributed by atoms with van der Waals surface area (Å²) in [6.45, 7) is 8.22. The molecule has 0 amide bonds. The molecule has 0 saturated heterocycles. The molecular formula is C15H26N2O. The van der Waals surface area contributed by atoms with Gasteiger partial charge in [-0.25, -0.2) is 0 Å². The zero-order chi connectivity index (χ0) is 13.9. The maximum atomic E-state index is 6.26. The third kappa shape index (κ3) is 4.00. The van der Waals surface area contributed by atoms with Crippen molar-refractivity contribution in [2.24, 2.45) is 11.5 Å². The zero-order valence-electron chi connectivity index (χ0n) is 12.2. The Labute approximate surface area is 111 Å². The van der Waals surface area contributed by atoms with E-state index in [2.05, 4.69) is 26.0 Å². The third-order valence-corrected chi connectivity index (χ3v) is 3.35. The van der Waals surface area contributed by atoms with Crippen LogP contribution in [0.15, 0.2) is 12.1 Å². The number of aryl methyl sites for hydroxylation is 2. The predicted octanol–water partition coefficient (Wildman–Crippen LogP) is 2.83. The normalized spacial score (nSPS) is 13.5. The second-order valence-electron chi connectivity index (χ2n) is 5.81. The van der Waals surface area contributed by atoms with Crippen molar-refractivity contribution in [1.29, 1.82) is 0 Å². The molecule has 0 aliphatic rings. The predicted molar refractivity (Wildman–Crippen MR) is 76.9 cm³/mol. The minimum absolute atomic E-state index is 0.0259. The SMILES string of the molecule is COc1cc(C)c(C)cc1C(N)CCC(C)(C)N. The fourth-order valence-electron chi connectivity index (χ4n) is 1.96. The van der Waals surface area contributed by atoms with Gasteiger partial charge in [-0.3, -0.25) is 0 Å². The number of ether oxygens (including phenoxy) is 1. The topological polar surface area (TPSA) is 61.3 Å². The molecule has 0 aliphatic carbocycles. The van der Waals surface area contributed by atoms with Gasteiger partial charge in [0.1, 0.15) is 5.75 Å². The molecular weight excluding hydrogens is 224 g/mol. The summed E-state index contributed by atoms with van der Waals surface area (Å²) in [6.07, 6.45) is 1.76. The van der Waals surface area contributed by atoms with Gasteiger partial charge in [0, 0.05) is 17.1 Å². The fourth-order valence-corrected chi connectivity index (χ4v) is 1.96. The lowest BCUT2D eigenvalue weighted by molar-refractivity contribution is 0.394. The van der Waals surface area contributed by atoms with Gasteiger partial charge in [-0.15, -0.1) is 0 Å². The van der Waals surface area contributed by atoms with Crippen molar-refractivity contribution in [3.63, 3.8) is 0 Å². The van der Waals surface area contributed by atoms with Gasteiger partial charge in [0.25, 0.3) is 0 Å². The van der Waals surface area contributed by atoms with Crippen molar-refractivity contribution in [3.8, 4) is 5.75 Å². The first kappa shape index (κ1) is 15.0. The van der Waals surface area contributed by atoms with Gasteiger partial charge >= 0.3 is 0 Å². The Kier molecular flexibility index (Phi) is 4.77. The van der Waals surface area contributed by atoms with Gasteiger partial charge in [0.05, 0.1) is 7.11 Å². The first-order valence-electron chi connectivity index (χ1n) is 6.44. The molecule has 0 saturated carbocycles. The van der Waals surface area contributed by atoms with Crippen LogP contribution < -0.4 is 16.2 Å². The first-order valence-corrected chi connectivity index (χ1v) is 6.44. The monoisotopic (exact) mass is 250 g/mol. The lowest BCUT2D eigenvalue weighted by Crippen LogP contribution is -2.32. The van der Waals surface area contributed by atoms with E-state index in [0.717, 1.165) is 24.2 Å². The maximum absolute atomic E-state index is 6.26. The second kappa shape index (κ2) is 5.72. The molecule has 0 aromatic heterocycles. The summed E-state index contributed by atoms with van der Waals surface area (Å²) < 4.78 is 5.42. The van der Waals surface area contributed by atoms with E-state index >= 15 is 0 Å². The number of methoxy groups -OCH3 is 1. The van der Waals surface area contributed by atoms with E-state index in [4.69, 9.17) is 16.2 Å². The highest BCUT2D eigenvalue weighted by Crippen LogP contribution is 2.30. The number of benzene rings is 1. The summed E-state index contributed by atoms with van der Waals surface area (Å²) in [5, 5.41) is 0. The molecule has 102 valence electrons. The number of rotatable bonds is 5. The molecule has 0 fully saturated rings. The highest BCUT2D eigenvalue weighted by Gasteiger charge is 2.17. The van der Waals surface area contributed by atoms with Crippen LogP contribution >= 0.6 is 0 Å². The van der Waals surface area contributed by atoms with Crippen molar-refractivity contribution in [2.75, 3.05) is 7.11 Å². The molecule has 0 aliphatic heterocycles. The van der Waals surface area contributed by atoms with E-state index in [1.165, 1.54) is 11.1 Å². The highest BCUT2D eigenvalue weighted by molar-refractivity contribution is 5.43. The zero-order valence-corrected chi connectivity index (χ0v) is 12.2. The van der Waals surface area contributed by atoms with Crippen molar-refractivity contribution < 1.29 is 4.74 Å². The van der Waals surface area contributed by atoms with Crippen LogP contribution in [-0.2, 0) is 0 Å². The molecule has 4 N–H and O–H groups in total. The van der Waals surface area contributed by atoms with Gasteiger partial charge in [-0.1, -0.05) is 6.07 Å². The Hall–Kier alpha value is -1.06. The average Bonchev–Trinajstić information content (AvgIpc) is 2.28. The van der Waals surface area contributed by atoms with Crippen LogP contribution in [0, 0.1) is 13.8 Å². The standard InChI is InChI=1S/C15H26N2O/c1-10-8-12(14(18-5)9-11(10)2)13(16)6-7-15(3,4)17/h8-9,13H,6-7,16-17H2,1-5H3. The lowest BCUT2D eigenvalue weighted by atomic mass is 9.92. The summed E-state index contributed by atoms with van der Waals surface area (Å²) >= 11 is 0. The Morgan fingerprint density at radius 1 is 1.22 bits per heavy atom. The first-order chi connectivity index (χ1) is 8.24. The molecule has 1 aromatic rings. The smallest absolute Gasteiger partial charge is 0.123 e. The minimum Gasteiger partial charge on any atom is -0.496 e. The summed E-state index contributed by atoms with van der Waals surface area (Å²) in [5.41, 5.74) is 15.6. The van der Waals surface area contributed by atoms with Crippen LogP contribution in [0.1, 0.15) is 49.4 Å². The molecule has 0 bridgehead atoms. The van der Waals surface area contributed by atoms with E-state index in [1.54, 1.807) is 7.11 Å². The average molecular weight is 250 g/mol. The fraction of sp³-hybridized carbons (Fsp3) is 0.600. The summed E-state index contributed by atoms with van der Waals surface area (Å²) in [7, 11) is 1.69. The molecule has 1 atom stereocenters. The van der Waals surface area contributed by atoms with Gasteiger partial charge in [0.15, 0.2) is 0 Å². The van der Waals surface area contributed by atoms with Crippen molar-refractivity contribution in [1.82, 2.24) is 0 Å². The molecule has 0 spiro atoms. The molecule has 1 rings (SSSR count). The van der Waals surface area contributed by atoms with Crippen LogP contribution in [0.25, 0.3) is 0 Å². The Morgan fingerprint density at radius 3 is 2.28 bits per heavy atom. The number of nitrogens with two attached hydrogens (primary N) is 2. The van der Waals surface area contributed by atoms with Crippen molar-refractivity contribution in [3.05, 3.63) is 28.8 Å². The minimum atomic E-state index is -0.176. The summed E-state index contributed by atoms with van der Waals surface area (Å²) in [4.78, 5) is 0.